The molecule has 0 N–H and O–H groups in total. The van der Waals surface area contributed by atoms with Crippen LogP contribution in [0.25, 0.3) is 89.2 Å². The summed E-state index contributed by atoms with van der Waals surface area (Å²) in [4.78, 5) is 15.0. The second-order valence-corrected chi connectivity index (χ2v) is 12.5. The van der Waals surface area contributed by atoms with Crippen LogP contribution in [0.2, 0.25) is 0 Å². The molecule has 0 aliphatic heterocycles. The lowest BCUT2D eigenvalue weighted by molar-refractivity contribution is 1.07. The van der Waals surface area contributed by atoms with Gasteiger partial charge in [-0.2, -0.15) is 0 Å². The first-order valence-corrected chi connectivity index (χ1v) is 16.8. The summed E-state index contributed by atoms with van der Waals surface area (Å²) in [7, 11) is 0. The van der Waals surface area contributed by atoms with E-state index in [1.807, 2.05) is 60.7 Å². The summed E-state index contributed by atoms with van der Waals surface area (Å²) in [6.07, 6.45) is 0. The maximum absolute atomic E-state index is 5.03. The van der Waals surface area contributed by atoms with Crippen LogP contribution in [-0.4, -0.2) is 24.1 Å². The summed E-state index contributed by atoms with van der Waals surface area (Å²) in [6, 6.07) is 61.5. The Bertz CT molecular complexity index is 2740. The molecular formula is C45H29N5. The molecule has 0 aliphatic carbocycles. The van der Waals surface area contributed by atoms with E-state index in [2.05, 4.69) is 124 Å². The van der Waals surface area contributed by atoms with Gasteiger partial charge in [-0.3, -0.25) is 0 Å². The lowest BCUT2D eigenvalue weighted by Crippen LogP contribution is -2.00. The minimum atomic E-state index is 0.635. The molecule has 0 unspecified atom stereocenters. The van der Waals surface area contributed by atoms with Crippen LogP contribution in [0, 0.1) is 0 Å². The highest BCUT2D eigenvalue weighted by atomic mass is 15.0. The molecule has 0 fully saturated rings. The van der Waals surface area contributed by atoms with Crippen molar-refractivity contribution < 1.29 is 0 Å². The minimum absolute atomic E-state index is 0.635. The molecule has 0 radical (unpaired) electrons. The Balaban J connectivity index is 1.22. The molecule has 10 aromatic rings. The third-order valence-electron chi connectivity index (χ3n) is 9.56. The van der Waals surface area contributed by atoms with Crippen molar-refractivity contribution in [3.63, 3.8) is 0 Å². The largest absolute Gasteiger partial charge is 0.309 e. The summed E-state index contributed by atoms with van der Waals surface area (Å²) in [5.41, 5.74) is 9.67. The zero-order chi connectivity index (χ0) is 33.0. The zero-order valence-electron chi connectivity index (χ0n) is 27.0. The number of fused-ring (bicyclic) bond motifs is 6. The van der Waals surface area contributed by atoms with Crippen molar-refractivity contribution in [2.24, 2.45) is 0 Å². The van der Waals surface area contributed by atoms with E-state index in [-0.39, 0.29) is 0 Å². The van der Waals surface area contributed by atoms with Gasteiger partial charge in [-0.05, 0) is 48.5 Å². The Morgan fingerprint density at radius 3 is 1.34 bits per heavy atom. The molecule has 0 saturated carbocycles. The zero-order valence-corrected chi connectivity index (χ0v) is 27.0. The molecule has 50 heavy (non-hydrogen) atoms. The lowest BCUT2D eigenvalue weighted by atomic mass is 10.1. The summed E-state index contributed by atoms with van der Waals surface area (Å²) in [5.74, 6) is 1.93. The smallest absolute Gasteiger partial charge is 0.164 e. The molecule has 5 heteroatoms. The van der Waals surface area contributed by atoms with Gasteiger partial charge in [0.05, 0.1) is 22.1 Å². The number of para-hydroxylation sites is 3. The van der Waals surface area contributed by atoms with Crippen LogP contribution in [0.1, 0.15) is 0 Å². The topological polar surface area (TPSA) is 48.5 Å². The summed E-state index contributed by atoms with van der Waals surface area (Å²) >= 11 is 0. The standard InChI is InChI=1S/C45H29N5/c1-4-14-30(15-5-1)43-46-44(31-16-6-2-7-17-31)48-45(47-43)32-24-26-37-38-29-34(25-27-41(38)49(42(37)28-32)33-18-8-3-9-19-33)50-39-22-12-10-20-35(39)36-21-11-13-23-40(36)50/h1-29H. The average molecular weight is 640 g/mol. The summed E-state index contributed by atoms with van der Waals surface area (Å²) in [6.45, 7) is 0. The number of rotatable bonds is 5. The molecule has 0 spiro atoms. The van der Waals surface area contributed by atoms with Gasteiger partial charge in [0.1, 0.15) is 0 Å². The molecule has 0 atom stereocenters. The van der Waals surface area contributed by atoms with Crippen molar-refractivity contribution in [2.75, 3.05) is 0 Å². The van der Waals surface area contributed by atoms with Gasteiger partial charge in [0.25, 0.3) is 0 Å². The van der Waals surface area contributed by atoms with Crippen LogP contribution in [-0.2, 0) is 0 Å². The second-order valence-electron chi connectivity index (χ2n) is 12.5. The number of benzene rings is 7. The lowest BCUT2D eigenvalue weighted by Gasteiger charge is -2.11. The average Bonchev–Trinajstić information content (AvgIpc) is 3.71. The normalized spacial score (nSPS) is 11.6. The van der Waals surface area contributed by atoms with E-state index < -0.39 is 0 Å². The molecule has 3 heterocycles. The van der Waals surface area contributed by atoms with E-state index in [9.17, 15) is 0 Å². The van der Waals surface area contributed by atoms with E-state index in [4.69, 9.17) is 15.0 Å². The third-order valence-corrected chi connectivity index (χ3v) is 9.56. The van der Waals surface area contributed by atoms with Gasteiger partial charge in [0, 0.05) is 49.6 Å². The van der Waals surface area contributed by atoms with Crippen LogP contribution in [0.15, 0.2) is 176 Å². The Hall–Kier alpha value is -6.85. The van der Waals surface area contributed by atoms with Crippen molar-refractivity contribution >= 4 is 43.6 Å². The van der Waals surface area contributed by atoms with Gasteiger partial charge < -0.3 is 9.13 Å². The van der Waals surface area contributed by atoms with Crippen molar-refractivity contribution in [2.45, 2.75) is 0 Å². The van der Waals surface area contributed by atoms with E-state index in [1.54, 1.807) is 0 Å². The highest BCUT2D eigenvalue weighted by molar-refractivity contribution is 6.12. The van der Waals surface area contributed by atoms with Crippen molar-refractivity contribution in [3.05, 3.63) is 176 Å². The predicted octanol–water partition coefficient (Wildman–Crippen LogP) is 11.1. The number of aromatic nitrogens is 5. The van der Waals surface area contributed by atoms with E-state index in [1.165, 1.54) is 27.2 Å². The van der Waals surface area contributed by atoms with Crippen LogP contribution in [0.4, 0.5) is 0 Å². The number of hydrogen-bond donors (Lipinski definition) is 0. The van der Waals surface area contributed by atoms with Crippen molar-refractivity contribution in [1.82, 2.24) is 24.1 Å². The van der Waals surface area contributed by atoms with Crippen LogP contribution in [0.3, 0.4) is 0 Å². The Kier molecular flexibility index (Phi) is 6.42. The van der Waals surface area contributed by atoms with Gasteiger partial charge in [-0.1, -0.05) is 127 Å². The number of nitrogens with zero attached hydrogens (tertiary/aromatic N) is 5. The van der Waals surface area contributed by atoms with E-state index in [0.717, 1.165) is 44.5 Å². The molecule has 10 rings (SSSR count). The van der Waals surface area contributed by atoms with Crippen LogP contribution in [0.5, 0.6) is 0 Å². The molecule has 0 saturated heterocycles. The molecule has 3 aromatic heterocycles. The maximum Gasteiger partial charge on any atom is 0.164 e. The number of hydrogen-bond acceptors (Lipinski definition) is 3. The minimum Gasteiger partial charge on any atom is -0.309 e. The highest BCUT2D eigenvalue weighted by Gasteiger charge is 2.18. The van der Waals surface area contributed by atoms with Gasteiger partial charge in [-0.25, -0.2) is 15.0 Å². The van der Waals surface area contributed by atoms with Gasteiger partial charge >= 0.3 is 0 Å². The molecule has 0 amide bonds. The Morgan fingerprint density at radius 1 is 0.280 bits per heavy atom. The summed E-state index contributed by atoms with van der Waals surface area (Å²) in [5, 5.41) is 4.85. The fourth-order valence-corrected chi connectivity index (χ4v) is 7.28. The van der Waals surface area contributed by atoms with Crippen molar-refractivity contribution in [1.29, 1.82) is 0 Å². The van der Waals surface area contributed by atoms with Gasteiger partial charge in [0.2, 0.25) is 0 Å². The first kappa shape index (κ1) is 28.2. The first-order chi connectivity index (χ1) is 24.8. The predicted molar refractivity (Wildman–Crippen MR) is 205 cm³/mol. The molecular weight excluding hydrogens is 611 g/mol. The molecule has 5 nitrogen and oxygen atoms in total. The van der Waals surface area contributed by atoms with Crippen LogP contribution < -0.4 is 0 Å². The fourth-order valence-electron chi connectivity index (χ4n) is 7.28. The van der Waals surface area contributed by atoms with Crippen LogP contribution >= 0.6 is 0 Å². The molecule has 0 aliphatic rings. The third kappa shape index (κ3) is 4.52. The van der Waals surface area contributed by atoms with Crippen molar-refractivity contribution in [3.8, 4) is 45.5 Å². The maximum atomic E-state index is 5.03. The SMILES string of the molecule is c1ccc(-c2nc(-c3ccccc3)nc(-c3ccc4c5cc(-n6c7ccccc7c7ccccc76)ccc5n(-c5ccccc5)c4c3)n2)cc1. The summed E-state index contributed by atoms with van der Waals surface area (Å²) < 4.78 is 4.73. The quantitative estimate of drug-likeness (QED) is 0.188. The van der Waals surface area contributed by atoms with E-state index >= 15 is 0 Å². The Labute approximate surface area is 288 Å². The van der Waals surface area contributed by atoms with Gasteiger partial charge in [0.15, 0.2) is 17.5 Å². The molecule has 0 bridgehead atoms. The second kappa shape index (κ2) is 11.4. The molecule has 7 aromatic carbocycles. The fraction of sp³-hybridized carbons (Fsp3) is 0. The highest BCUT2D eigenvalue weighted by Crippen LogP contribution is 2.38. The van der Waals surface area contributed by atoms with Gasteiger partial charge in [-0.15, -0.1) is 0 Å². The Morgan fingerprint density at radius 2 is 0.740 bits per heavy atom. The monoisotopic (exact) mass is 639 g/mol. The molecule has 234 valence electrons. The van der Waals surface area contributed by atoms with E-state index in [0.29, 0.717) is 17.5 Å². The first-order valence-electron chi connectivity index (χ1n) is 16.8.